The number of hydrogen-bond acceptors (Lipinski definition) is 3. The Hall–Kier alpha value is -1.82. The van der Waals surface area contributed by atoms with Crippen LogP contribution in [0.5, 0.6) is 0 Å². The summed E-state index contributed by atoms with van der Waals surface area (Å²) in [4.78, 5) is 14.1. The molecule has 1 aliphatic heterocycles. The molecule has 1 aliphatic rings. The molecule has 0 aliphatic carbocycles. The Balaban J connectivity index is 1.79. The smallest absolute Gasteiger partial charge is 0.227 e. The molecule has 5 nitrogen and oxygen atoms in total. The quantitative estimate of drug-likeness (QED) is 0.858. The van der Waals surface area contributed by atoms with Gasteiger partial charge in [-0.05, 0) is 18.1 Å². The first-order valence-corrected chi connectivity index (χ1v) is 9.18. The van der Waals surface area contributed by atoms with Crippen LogP contribution in [0.2, 0.25) is 0 Å². The van der Waals surface area contributed by atoms with Crippen LogP contribution in [0, 0.1) is 0 Å². The van der Waals surface area contributed by atoms with Gasteiger partial charge in [0.1, 0.15) is 0 Å². The lowest BCUT2D eigenvalue weighted by Crippen LogP contribution is -2.38. The van der Waals surface area contributed by atoms with Crippen molar-refractivity contribution < 1.29 is 13.2 Å². The van der Waals surface area contributed by atoms with Gasteiger partial charge in [-0.1, -0.05) is 18.2 Å². The molecule has 1 aromatic carbocycles. The molecule has 1 unspecified atom stereocenters. The fourth-order valence-electron chi connectivity index (χ4n) is 3.14. The van der Waals surface area contributed by atoms with Crippen LogP contribution in [-0.4, -0.2) is 48.4 Å². The second-order valence-electron chi connectivity index (χ2n) is 6.02. The highest BCUT2D eigenvalue weighted by Crippen LogP contribution is 2.22. The van der Waals surface area contributed by atoms with Crippen molar-refractivity contribution in [3.63, 3.8) is 0 Å². The van der Waals surface area contributed by atoms with E-state index in [2.05, 4.69) is 0 Å². The number of sulfone groups is 1. The maximum atomic E-state index is 12.5. The summed E-state index contributed by atoms with van der Waals surface area (Å²) >= 11 is 0. The highest BCUT2D eigenvalue weighted by atomic mass is 32.2. The molecule has 22 heavy (non-hydrogen) atoms. The van der Waals surface area contributed by atoms with E-state index in [9.17, 15) is 13.2 Å². The number of carbonyl (C=O) groups excluding carboxylic acids is 1. The molecular formula is C16H20N2O3S. The Morgan fingerprint density at radius 2 is 2.09 bits per heavy atom. The highest BCUT2D eigenvalue weighted by Gasteiger charge is 2.32. The maximum Gasteiger partial charge on any atom is 0.227 e. The van der Waals surface area contributed by atoms with Crippen LogP contribution in [0.1, 0.15) is 12.0 Å². The molecule has 0 spiro atoms. The first-order chi connectivity index (χ1) is 10.4. The molecule has 1 saturated heterocycles. The third-order valence-electron chi connectivity index (χ3n) is 4.47. The van der Waals surface area contributed by atoms with E-state index >= 15 is 0 Å². The van der Waals surface area contributed by atoms with Gasteiger partial charge < -0.3 is 9.47 Å². The minimum atomic E-state index is -2.98. The van der Waals surface area contributed by atoms with E-state index in [0.717, 1.165) is 16.5 Å². The topological polar surface area (TPSA) is 59.4 Å². The van der Waals surface area contributed by atoms with Crippen LogP contribution < -0.4 is 0 Å². The number of fused-ring (bicyclic) bond motifs is 1. The molecule has 1 aromatic heterocycles. The van der Waals surface area contributed by atoms with Crippen LogP contribution in [0.4, 0.5) is 0 Å². The number of nitrogens with zero attached hydrogens (tertiary/aromatic N) is 2. The Morgan fingerprint density at radius 1 is 1.36 bits per heavy atom. The van der Waals surface area contributed by atoms with Gasteiger partial charge in [-0.2, -0.15) is 0 Å². The monoisotopic (exact) mass is 320 g/mol. The predicted molar refractivity (Wildman–Crippen MR) is 86.5 cm³/mol. The van der Waals surface area contributed by atoms with E-state index in [1.165, 1.54) is 0 Å². The number of hydrogen-bond donors (Lipinski definition) is 0. The number of aryl methyl sites for hydroxylation is 1. The van der Waals surface area contributed by atoms with Crippen LogP contribution in [0.3, 0.4) is 0 Å². The Morgan fingerprint density at radius 3 is 2.77 bits per heavy atom. The van der Waals surface area contributed by atoms with Gasteiger partial charge >= 0.3 is 0 Å². The minimum Gasteiger partial charge on any atom is -0.350 e. The lowest BCUT2D eigenvalue weighted by atomic mass is 10.1. The molecule has 1 atom stereocenters. The van der Waals surface area contributed by atoms with Gasteiger partial charge in [-0.15, -0.1) is 0 Å². The summed E-state index contributed by atoms with van der Waals surface area (Å²) in [7, 11) is 0.694. The number of amides is 1. The van der Waals surface area contributed by atoms with E-state index in [4.69, 9.17) is 0 Å². The van der Waals surface area contributed by atoms with Crippen molar-refractivity contribution in [1.29, 1.82) is 0 Å². The van der Waals surface area contributed by atoms with E-state index in [1.807, 2.05) is 42.1 Å². The standard InChI is InChI=1S/C16H20N2O3S/c1-17-10-12(14-5-3-4-6-15(14)17)9-16(19)18(2)13-7-8-22(20,21)11-13/h3-6,10,13H,7-9,11H2,1-2H3. The molecule has 1 fully saturated rings. The average molecular weight is 320 g/mol. The summed E-state index contributed by atoms with van der Waals surface area (Å²) in [5.74, 6) is 0.243. The second kappa shape index (κ2) is 5.43. The van der Waals surface area contributed by atoms with Crippen molar-refractivity contribution in [2.24, 2.45) is 7.05 Å². The third-order valence-corrected chi connectivity index (χ3v) is 6.22. The predicted octanol–water partition coefficient (Wildman–Crippen LogP) is 1.37. The summed E-state index contributed by atoms with van der Waals surface area (Å²) in [6.45, 7) is 0. The second-order valence-corrected chi connectivity index (χ2v) is 8.25. The number of rotatable bonds is 3. The third kappa shape index (κ3) is 2.75. The van der Waals surface area contributed by atoms with Crippen molar-refractivity contribution in [3.8, 4) is 0 Å². The highest BCUT2D eigenvalue weighted by molar-refractivity contribution is 7.91. The maximum absolute atomic E-state index is 12.5. The van der Waals surface area contributed by atoms with Crippen molar-refractivity contribution in [3.05, 3.63) is 36.0 Å². The largest absolute Gasteiger partial charge is 0.350 e. The normalized spacial score (nSPS) is 20.4. The van der Waals surface area contributed by atoms with Gasteiger partial charge in [-0.3, -0.25) is 4.79 Å². The van der Waals surface area contributed by atoms with Crippen molar-refractivity contribution in [2.75, 3.05) is 18.6 Å². The molecule has 2 heterocycles. The zero-order valence-corrected chi connectivity index (χ0v) is 13.6. The molecule has 0 saturated carbocycles. The molecule has 1 amide bonds. The molecule has 3 rings (SSSR count). The number of benzene rings is 1. The molecule has 6 heteroatoms. The summed E-state index contributed by atoms with van der Waals surface area (Å²) in [5, 5.41) is 1.07. The first-order valence-electron chi connectivity index (χ1n) is 7.36. The zero-order chi connectivity index (χ0) is 15.9. The lowest BCUT2D eigenvalue weighted by molar-refractivity contribution is -0.130. The molecule has 118 valence electrons. The van der Waals surface area contributed by atoms with Gasteiger partial charge in [0.25, 0.3) is 0 Å². The number of para-hydroxylation sites is 1. The molecule has 0 bridgehead atoms. The first kappa shape index (κ1) is 15.1. The molecule has 2 aromatic rings. The average Bonchev–Trinajstić information content (AvgIpc) is 2.99. The fourth-order valence-corrected chi connectivity index (χ4v) is 4.91. The van der Waals surface area contributed by atoms with E-state index in [0.29, 0.717) is 12.8 Å². The van der Waals surface area contributed by atoms with Gasteiger partial charge in [0.05, 0.1) is 17.9 Å². The van der Waals surface area contributed by atoms with Gasteiger partial charge in [-0.25, -0.2) is 8.42 Å². The minimum absolute atomic E-state index is 0.0292. The Bertz CT molecular complexity index is 823. The molecular weight excluding hydrogens is 300 g/mol. The van der Waals surface area contributed by atoms with Crippen molar-refractivity contribution >= 4 is 26.6 Å². The Labute approximate surface area is 130 Å². The van der Waals surface area contributed by atoms with Crippen LogP contribution >= 0.6 is 0 Å². The van der Waals surface area contributed by atoms with E-state index in [-0.39, 0.29) is 23.5 Å². The van der Waals surface area contributed by atoms with Crippen LogP contribution in [-0.2, 0) is 28.1 Å². The van der Waals surface area contributed by atoms with Gasteiger partial charge in [0, 0.05) is 37.2 Å². The molecule has 0 N–H and O–H groups in total. The van der Waals surface area contributed by atoms with Crippen molar-refractivity contribution in [2.45, 2.75) is 18.9 Å². The number of carbonyl (C=O) groups is 1. The van der Waals surface area contributed by atoms with Gasteiger partial charge in [0.15, 0.2) is 9.84 Å². The van der Waals surface area contributed by atoms with Gasteiger partial charge in [0.2, 0.25) is 5.91 Å². The Kier molecular flexibility index (Phi) is 3.72. The number of aromatic nitrogens is 1. The summed E-state index contributed by atoms with van der Waals surface area (Å²) in [6.07, 6.45) is 2.82. The van der Waals surface area contributed by atoms with E-state index in [1.54, 1.807) is 11.9 Å². The van der Waals surface area contributed by atoms with E-state index < -0.39 is 9.84 Å². The molecule has 0 radical (unpaired) electrons. The van der Waals surface area contributed by atoms with Crippen molar-refractivity contribution in [1.82, 2.24) is 9.47 Å². The number of likely N-dealkylation sites (N-methyl/N-ethyl adjacent to an activating group) is 1. The zero-order valence-electron chi connectivity index (χ0n) is 12.8. The van der Waals surface area contributed by atoms with Crippen LogP contribution in [0.25, 0.3) is 10.9 Å². The van der Waals surface area contributed by atoms with Crippen LogP contribution in [0.15, 0.2) is 30.5 Å². The summed E-state index contributed by atoms with van der Waals surface area (Å²) in [5.41, 5.74) is 2.08. The fraction of sp³-hybridized carbons (Fsp3) is 0.438. The summed E-state index contributed by atoms with van der Waals surface area (Å²) < 4.78 is 25.1. The lowest BCUT2D eigenvalue weighted by Gasteiger charge is -2.23. The SMILES string of the molecule is CN(C(=O)Cc1cn(C)c2ccccc12)C1CCS(=O)(=O)C1. The summed E-state index contributed by atoms with van der Waals surface area (Å²) in [6, 6.07) is 7.79.